The van der Waals surface area contributed by atoms with E-state index < -0.39 is 0 Å². The van der Waals surface area contributed by atoms with Gasteiger partial charge in [0.25, 0.3) is 0 Å². The highest BCUT2D eigenvalue weighted by Gasteiger charge is 2.19. The van der Waals surface area contributed by atoms with E-state index in [4.69, 9.17) is 4.74 Å². The van der Waals surface area contributed by atoms with Crippen molar-refractivity contribution < 1.29 is 4.74 Å². The molecule has 0 aromatic heterocycles. The first-order valence-electron chi connectivity index (χ1n) is 6.21. The maximum Gasteiger partial charge on any atom is 0.0622 e. The number of likely N-dealkylation sites (N-methyl/N-ethyl adjacent to an activating group) is 1. The molecule has 1 heterocycles. The van der Waals surface area contributed by atoms with Crippen LogP contribution in [-0.2, 0) is 4.74 Å². The maximum atomic E-state index is 5.38. The van der Waals surface area contributed by atoms with E-state index in [0.717, 1.165) is 19.8 Å². The molecule has 3 heteroatoms. The molecule has 0 aromatic rings. The van der Waals surface area contributed by atoms with E-state index in [1.807, 2.05) is 0 Å². The third-order valence-electron chi connectivity index (χ3n) is 3.02. The van der Waals surface area contributed by atoms with Crippen LogP contribution in [0.2, 0.25) is 0 Å². The number of rotatable bonds is 7. The van der Waals surface area contributed by atoms with Crippen LogP contribution in [0.15, 0.2) is 0 Å². The highest BCUT2D eigenvalue weighted by molar-refractivity contribution is 4.72. The lowest BCUT2D eigenvalue weighted by Gasteiger charge is -2.22. The molecule has 1 aliphatic rings. The minimum absolute atomic E-state index is 0.617. The Morgan fingerprint density at radius 1 is 1.40 bits per heavy atom. The van der Waals surface area contributed by atoms with Crippen molar-refractivity contribution in [2.45, 2.75) is 45.2 Å². The molecular formula is C12H26N2O. The number of ether oxygens (including phenoxy) is 1. The minimum atomic E-state index is 0.617. The van der Waals surface area contributed by atoms with Gasteiger partial charge in [-0.15, -0.1) is 0 Å². The third-order valence-corrected chi connectivity index (χ3v) is 3.02. The fraction of sp³-hybridized carbons (Fsp3) is 1.00. The van der Waals surface area contributed by atoms with Crippen molar-refractivity contribution in [3.05, 3.63) is 0 Å². The molecule has 1 rings (SSSR count). The second-order valence-corrected chi connectivity index (χ2v) is 4.81. The molecule has 1 unspecified atom stereocenters. The normalized spacial score (nSPS) is 21.8. The number of hydrogen-bond donors (Lipinski definition) is 1. The van der Waals surface area contributed by atoms with Crippen LogP contribution < -0.4 is 5.32 Å². The Kier molecular flexibility index (Phi) is 6.22. The molecule has 0 aliphatic carbocycles. The number of hydrogen-bond acceptors (Lipinski definition) is 3. The van der Waals surface area contributed by atoms with E-state index in [-0.39, 0.29) is 0 Å². The highest BCUT2D eigenvalue weighted by Crippen LogP contribution is 2.10. The van der Waals surface area contributed by atoms with E-state index in [1.54, 1.807) is 0 Å². The average Bonchev–Trinajstić information content (AvgIpc) is 2.69. The Morgan fingerprint density at radius 3 is 2.80 bits per heavy atom. The van der Waals surface area contributed by atoms with E-state index in [1.165, 1.54) is 25.8 Å². The van der Waals surface area contributed by atoms with Gasteiger partial charge in [0.2, 0.25) is 0 Å². The summed E-state index contributed by atoms with van der Waals surface area (Å²) >= 11 is 0. The molecule has 0 aromatic carbocycles. The molecule has 90 valence electrons. The summed E-state index contributed by atoms with van der Waals surface area (Å²) in [6.07, 6.45) is 3.77. The smallest absolute Gasteiger partial charge is 0.0622 e. The lowest BCUT2D eigenvalue weighted by atomic mass is 10.2. The Balaban J connectivity index is 1.94. The van der Waals surface area contributed by atoms with Crippen LogP contribution in [0.1, 0.15) is 33.1 Å². The Morgan fingerprint density at radius 2 is 2.20 bits per heavy atom. The lowest BCUT2D eigenvalue weighted by molar-refractivity contribution is 0.158. The molecule has 0 saturated carbocycles. The monoisotopic (exact) mass is 214 g/mol. The van der Waals surface area contributed by atoms with Crippen LogP contribution in [0.4, 0.5) is 0 Å². The number of unbranched alkanes of at least 4 members (excludes halogenated alkanes) is 1. The molecule has 0 bridgehead atoms. The summed E-state index contributed by atoms with van der Waals surface area (Å²) in [4.78, 5) is 2.45. The predicted molar refractivity (Wildman–Crippen MR) is 64.2 cm³/mol. The van der Waals surface area contributed by atoms with Crippen molar-refractivity contribution in [1.29, 1.82) is 0 Å². The summed E-state index contributed by atoms with van der Waals surface area (Å²) in [6.45, 7) is 8.62. The Bertz CT molecular complexity index is 156. The van der Waals surface area contributed by atoms with Crippen molar-refractivity contribution in [2.24, 2.45) is 0 Å². The van der Waals surface area contributed by atoms with Gasteiger partial charge in [-0.3, -0.25) is 0 Å². The van der Waals surface area contributed by atoms with Crippen molar-refractivity contribution >= 4 is 0 Å². The van der Waals surface area contributed by atoms with Gasteiger partial charge >= 0.3 is 0 Å². The van der Waals surface area contributed by atoms with Crippen LogP contribution >= 0.6 is 0 Å². The molecule has 1 saturated heterocycles. The summed E-state index contributed by atoms with van der Waals surface area (Å²) in [5, 5.41) is 3.45. The zero-order valence-electron chi connectivity index (χ0n) is 10.5. The van der Waals surface area contributed by atoms with Crippen LogP contribution in [0.25, 0.3) is 0 Å². The molecule has 0 spiro atoms. The first-order chi connectivity index (χ1) is 7.20. The molecule has 1 atom stereocenters. The summed E-state index contributed by atoms with van der Waals surface area (Å²) in [7, 11) is 2.22. The first-order valence-corrected chi connectivity index (χ1v) is 6.21. The van der Waals surface area contributed by atoms with E-state index in [2.05, 4.69) is 31.1 Å². The fourth-order valence-corrected chi connectivity index (χ4v) is 1.93. The Hall–Kier alpha value is -0.120. The van der Waals surface area contributed by atoms with E-state index in [9.17, 15) is 0 Å². The van der Waals surface area contributed by atoms with Gasteiger partial charge < -0.3 is 15.0 Å². The van der Waals surface area contributed by atoms with Crippen LogP contribution in [0, 0.1) is 0 Å². The lowest BCUT2D eigenvalue weighted by Crippen LogP contribution is -2.33. The molecule has 0 radical (unpaired) electrons. The van der Waals surface area contributed by atoms with E-state index in [0.29, 0.717) is 12.1 Å². The van der Waals surface area contributed by atoms with Crippen molar-refractivity contribution in [1.82, 2.24) is 10.2 Å². The number of nitrogens with one attached hydrogen (secondary N) is 1. The quantitative estimate of drug-likeness (QED) is 0.650. The van der Waals surface area contributed by atoms with Crippen molar-refractivity contribution in [3.63, 3.8) is 0 Å². The van der Waals surface area contributed by atoms with Crippen molar-refractivity contribution in [2.75, 3.05) is 33.4 Å². The number of nitrogens with zero attached hydrogens (tertiary/aromatic N) is 1. The second kappa shape index (κ2) is 7.20. The van der Waals surface area contributed by atoms with Crippen LogP contribution in [0.3, 0.4) is 0 Å². The summed E-state index contributed by atoms with van der Waals surface area (Å²) in [6, 6.07) is 1.29. The fourth-order valence-electron chi connectivity index (χ4n) is 1.93. The van der Waals surface area contributed by atoms with Gasteiger partial charge in [-0.05, 0) is 39.4 Å². The Labute approximate surface area is 94.2 Å². The standard InChI is InChI=1S/C12H26N2O/c1-11(2)13-7-4-5-8-14(3)12-6-9-15-10-12/h11-13H,4-10H2,1-3H3. The summed E-state index contributed by atoms with van der Waals surface area (Å²) < 4.78 is 5.38. The maximum absolute atomic E-state index is 5.38. The molecule has 1 fully saturated rings. The second-order valence-electron chi connectivity index (χ2n) is 4.81. The van der Waals surface area contributed by atoms with Gasteiger partial charge in [0.15, 0.2) is 0 Å². The van der Waals surface area contributed by atoms with Crippen LogP contribution in [0.5, 0.6) is 0 Å². The summed E-state index contributed by atoms with van der Waals surface area (Å²) in [5.74, 6) is 0. The third kappa shape index (κ3) is 5.50. The van der Waals surface area contributed by atoms with Gasteiger partial charge in [-0.1, -0.05) is 13.8 Å². The van der Waals surface area contributed by atoms with Gasteiger partial charge in [-0.2, -0.15) is 0 Å². The molecule has 1 N–H and O–H groups in total. The zero-order chi connectivity index (χ0) is 11.1. The SMILES string of the molecule is CC(C)NCCCCN(C)C1CCOC1. The van der Waals surface area contributed by atoms with Gasteiger partial charge in [0, 0.05) is 18.7 Å². The highest BCUT2D eigenvalue weighted by atomic mass is 16.5. The van der Waals surface area contributed by atoms with Gasteiger partial charge in [0.1, 0.15) is 0 Å². The first kappa shape index (κ1) is 12.9. The molecule has 1 aliphatic heterocycles. The van der Waals surface area contributed by atoms with Crippen molar-refractivity contribution in [3.8, 4) is 0 Å². The summed E-state index contributed by atoms with van der Waals surface area (Å²) in [5.41, 5.74) is 0. The molecular weight excluding hydrogens is 188 g/mol. The topological polar surface area (TPSA) is 24.5 Å². The molecule has 15 heavy (non-hydrogen) atoms. The van der Waals surface area contributed by atoms with Gasteiger partial charge in [0.05, 0.1) is 6.61 Å². The molecule has 0 amide bonds. The molecule has 3 nitrogen and oxygen atoms in total. The predicted octanol–water partition coefficient (Wildman–Crippen LogP) is 1.49. The minimum Gasteiger partial charge on any atom is -0.380 e. The van der Waals surface area contributed by atoms with E-state index >= 15 is 0 Å². The zero-order valence-corrected chi connectivity index (χ0v) is 10.5. The average molecular weight is 214 g/mol. The largest absolute Gasteiger partial charge is 0.380 e. The van der Waals surface area contributed by atoms with Crippen LogP contribution in [-0.4, -0.2) is 50.3 Å². The van der Waals surface area contributed by atoms with Gasteiger partial charge in [-0.25, -0.2) is 0 Å².